The van der Waals surface area contributed by atoms with Crippen LogP contribution in [0.1, 0.15) is 54.4 Å². The number of nitrogens with one attached hydrogen (secondary N) is 2. The molecule has 6 nitrogen and oxygen atoms in total. The van der Waals surface area contributed by atoms with Crippen molar-refractivity contribution in [2.75, 3.05) is 38.9 Å². The lowest BCUT2D eigenvalue weighted by Crippen LogP contribution is -2.08. The van der Waals surface area contributed by atoms with E-state index in [2.05, 4.69) is 47.6 Å². The molecule has 0 fully saturated rings. The van der Waals surface area contributed by atoms with Gasteiger partial charge in [0.1, 0.15) is 5.00 Å². The summed E-state index contributed by atoms with van der Waals surface area (Å²) in [5, 5.41) is 11.8. The Kier molecular flexibility index (Phi) is 15.7. The number of ether oxygens (including phenoxy) is 1. The summed E-state index contributed by atoms with van der Waals surface area (Å²) in [4.78, 5) is 20.8. The number of anilines is 1. The fourth-order valence-electron chi connectivity index (χ4n) is 2.91. The van der Waals surface area contributed by atoms with Crippen molar-refractivity contribution in [1.29, 1.82) is 5.41 Å². The lowest BCUT2D eigenvalue weighted by atomic mass is 9.90. The number of allylic oxidation sites excluding steroid dienone is 5. The first-order valence-electron chi connectivity index (χ1n) is 10.5. The maximum Gasteiger partial charge on any atom is 0.341 e. The predicted octanol–water partition coefficient (Wildman–Crippen LogP) is 6.33. The number of hydrogen-bond donors (Lipinski definition) is 3. The highest BCUT2D eigenvalue weighted by Crippen LogP contribution is 2.32. The lowest BCUT2D eigenvalue weighted by Gasteiger charge is -2.16. The van der Waals surface area contributed by atoms with Gasteiger partial charge in [0.05, 0.1) is 32.1 Å². The van der Waals surface area contributed by atoms with Gasteiger partial charge in [-0.05, 0) is 51.3 Å². The second-order valence-electron chi connectivity index (χ2n) is 6.82. The smallest absolute Gasteiger partial charge is 0.341 e. The van der Waals surface area contributed by atoms with Gasteiger partial charge in [0.2, 0.25) is 0 Å². The number of thiol groups is 1. The minimum atomic E-state index is -0.237. The lowest BCUT2D eigenvalue weighted by molar-refractivity contribution is -0.248. The summed E-state index contributed by atoms with van der Waals surface area (Å²) in [5.74, 6) is 0.491. The molecule has 2 rings (SSSR count). The van der Waals surface area contributed by atoms with Gasteiger partial charge in [0.15, 0.2) is 0 Å². The van der Waals surface area contributed by atoms with Crippen LogP contribution in [-0.4, -0.2) is 45.3 Å². The molecule has 0 bridgehead atoms. The Bertz CT molecular complexity index is 837. The summed E-state index contributed by atoms with van der Waals surface area (Å²) < 4.78 is 4.99. The van der Waals surface area contributed by atoms with E-state index in [0.29, 0.717) is 17.9 Å². The zero-order valence-corrected chi connectivity index (χ0v) is 22.3. The third-order valence-corrected chi connectivity index (χ3v) is 6.29. The zero-order chi connectivity index (χ0) is 24.7. The molecule has 32 heavy (non-hydrogen) atoms. The molecule has 0 radical (unpaired) electrons. The van der Waals surface area contributed by atoms with E-state index in [4.69, 9.17) is 10.1 Å². The number of rotatable bonds is 7. The highest BCUT2D eigenvalue weighted by molar-refractivity contribution is 7.80. The number of esters is 1. The normalized spacial score (nSPS) is 13.9. The number of thiophene rings is 1. The van der Waals surface area contributed by atoms with Crippen molar-refractivity contribution >= 4 is 40.6 Å². The summed E-state index contributed by atoms with van der Waals surface area (Å²) in [6, 6.07) is 0. The molecule has 0 unspecified atom stereocenters. The average Bonchev–Trinajstić information content (AvgIpc) is 3.08. The van der Waals surface area contributed by atoms with E-state index in [9.17, 15) is 4.79 Å². The van der Waals surface area contributed by atoms with Crippen LogP contribution in [0.25, 0.3) is 0 Å². The monoisotopic (exact) mass is 482 g/mol. The molecule has 0 atom stereocenters. The molecule has 1 heterocycles. The van der Waals surface area contributed by atoms with E-state index in [1.165, 1.54) is 25.4 Å². The molecule has 1 aliphatic rings. The van der Waals surface area contributed by atoms with Gasteiger partial charge in [0, 0.05) is 23.3 Å². The SMILES string of the molecule is CCCC1=CC=CC(=N)/C1=C(\C)CS.CCOC(=O)c1c(NC)sc(C)c1C.COOC. The van der Waals surface area contributed by atoms with Gasteiger partial charge in [-0.25, -0.2) is 14.6 Å². The summed E-state index contributed by atoms with van der Waals surface area (Å²) >= 11 is 5.85. The molecule has 1 aromatic rings. The third kappa shape index (κ3) is 9.32. The van der Waals surface area contributed by atoms with Crippen LogP contribution in [0, 0.1) is 19.3 Å². The van der Waals surface area contributed by atoms with Gasteiger partial charge in [-0.3, -0.25) is 0 Å². The van der Waals surface area contributed by atoms with Crippen LogP contribution >= 0.6 is 24.0 Å². The number of hydrogen-bond acceptors (Lipinski definition) is 8. The van der Waals surface area contributed by atoms with E-state index in [0.717, 1.165) is 39.6 Å². The van der Waals surface area contributed by atoms with Crippen molar-refractivity contribution in [2.24, 2.45) is 0 Å². The third-order valence-electron chi connectivity index (χ3n) is 4.59. The van der Waals surface area contributed by atoms with Crippen molar-refractivity contribution in [1.82, 2.24) is 0 Å². The first-order valence-corrected chi connectivity index (χ1v) is 12.0. The van der Waals surface area contributed by atoms with E-state index in [-0.39, 0.29) is 5.97 Å². The molecule has 1 aromatic heterocycles. The Morgan fingerprint density at radius 2 is 1.84 bits per heavy atom. The highest BCUT2D eigenvalue weighted by Gasteiger charge is 2.19. The van der Waals surface area contributed by atoms with Crippen LogP contribution in [0.15, 0.2) is 34.9 Å². The molecule has 0 spiro atoms. The Hall–Kier alpha value is -1.87. The maximum absolute atomic E-state index is 11.6. The van der Waals surface area contributed by atoms with Gasteiger partial charge in [-0.15, -0.1) is 11.3 Å². The Labute approximate surface area is 202 Å². The standard InChI is InChI=1S/C12H17NS.C10H15NO2S.C2H6O2/c1-3-5-10-6-4-7-11(13)12(10)9(2)8-14;1-5-13-10(12)8-6(2)7(3)14-9(8)11-4;1-3-4-2/h4,6-7,13-14H,3,5,8H2,1-2H3;11H,5H2,1-4H3;1-2H3/b12-9+,13-11?;;. The fourth-order valence-corrected chi connectivity index (χ4v) is 4.07. The highest BCUT2D eigenvalue weighted by atomic mass is 32.1. The Morgan fingerprint density at radius 3 is 2.31 bits per heavy atom. The first kappa shape index (κ1) is 30.1. The second-order valence-corrected chi connectivity index (χ2v) is 8.36. The maximum atomic E-state index is 11.6. The molecular weight excluding hydrogens is 444 g/mol. The number of carbonyl (C=O) groups excluding carboxylic acids is 1. The molecule has 0 amide bonds. The van der Waals surface area contributed by atoms with Gasteiger partial charge in [-0.1, -0.05) is 31.1 Å². The van der Waals surface area contributed by atoms with E-state index >= 15 is 0 Å². The molecule has 8 heteroatoms. The molecule has 1 aliphatic carbocycles. The molecule has 0 saturated heterocycles. The van der Waals surface area contributed by atoms with E-state index in [1.807, 2.05) is 40.0 Å². The topological polar surface area (TPSA) is 80.6 Å². The van der Waals surface area contributed by atoms with Crippen LogP contribution in [0.3, 0.4) is 0 Å². The second kappa shape index (κ2) is 16.7. The molecule has 180 valence electrons. The van der Waals surface area contributed by atoms with Gasteiger partial charge in [-0.2, -0.15) is 12.6 Å². The zero-order valence-electron chi connectivity index (χ0n) is 20.5. The van der Waals surface area contributed by atoms with Gasteiger partial charge < -0.3 is 15.5 Å². The molecule has 2 N–H and O–H groups in total. The summed E-state index contributed by atoms with van der Waals surface area (Å²) in [6.07, 6.45) is 8.09. The molecule has 0 aliphatic heterocycles. The van der Waals surface area contributed by atoms with Crippen LogP contribution < -0.4 is 5.32 Å². The van der Waals surface area contributed by atoms with Crippen molar-refractivity contribution in [3.8, 4) is 0 Å². The minimum absolute atomic E-state index is 0.237. The summed E-state index contributed by atoms with van der Waals surface area (Å²) in [7, 11) is 4.73. The average molecular weight is 483 g/mol. The quantitative estimate of drug-likeness (QED) is 0.183. The van der Waals surface area contributed by atoms with Crippen molar-refractivity contribution in [2.45, 2.75) is 47.5 Å². The van der Waals surface area contributed by atoms with Crippen LogP contribution in [0.2, 0.25) is 0 Å². The summed E-state index contributed by atoms with van der Waals surface area (Å²) in [5.41, 5.74) is 5.90. The minimum Gasteiger partial charge on any atom is -0.462 e. The molecule has 0 aromatic carbocycles. The van der Waals surface area contributed by atoms with Crippen LogP contribution in [0.5, 0.6) is 0 Å². The molecular formula is C24H38N2O4S2. The van der Waals surface area contributed by atoms with Crippen molar-refractivity contribution in [3.05, 3.63) is 51.0 Å². The van der Waals surface area contributed by atoms with Crippen LogP contribution in [-0.2, 0) is 14.5 Å². The van der Waals surface area contributed by atoms with Crippen molar-refractivity contribution < 1.29 is 19.3 Å². The summed E-state index contributed by atoms with van der Waals surface area (Å²) in [6.45, 7) is 10.4. The number of aryl methyl sites for hydroxylation is 1. The van der Waals surface area contributed by atoms with E-state index in [1.54, 1.807) is 11.3 Å². The van der Waals surface area contributed by atoms with Crippen LogP contribution in [0.4, 0.5) is 5.00 Å². The van der Waals surface area contributed by atoms with Crippen molar-refractivity contribution in [3.63, 3.8) is 0 Å². The van der Waals surface area contributed by atoms with Gasteiger partial charge in [0.25, 0.3) is 0 Å². The number of carbonyl (C=O) groups is 1. The predicted molar refractivity (Wildman–Crippen MR) is 140 cm³/mol. The first-order chi connectivity index (χ1) is 15.2. The largest absolute Gasteiger partial charge is 0.462 e. The van der Waals surface area contributed by atoms with Gasteiger partial charge >= 0.3 is 5.97 Å². The Morgan fingerprint density at radius 1 is 1.22 bits per heavy atom. The molecule has 0 saturated carbocycles. The van der Waals surface area contributed by atoms with E-state index < -0.39 is 0 Å². The fraction of sp³-hybridized carbons (Fsp3) is 0.500. The Balaban J connectivity index is 0.000000515.